The van der Waals surface area contributed by atoms with Gasteiger partial charge in [0.2, 0.25) is 5.91 Å². The second-order valence-corrected chi connectivity index (χ2v) is 6.64. The van der Waals surface area contributed by atoms with E-state index in [-0.39, 0.29) is 16.9 Å². The molecule has 1 aliphatic rings. The van der Waals surface area contributed by atoms with E-state index >= 15 is 0 Å². The van der Waals surface area contributed by atoms with E-state index in [1.54, 1.807) is 11.3 Å². The molecule has 0 radical (unpaired) electrons. The summed E-state index contributed by atoms with van der Waals surface area (Å²) in [6.07, 6.45) is 0.576. The fourth-order valence-corrected chi connectivity index (χ4v) is 3.82. The molecule has 1 aromatic heterocycles. The lowest BCUT2D eigenvalue weighted by Crippen LogP contribution is -2.47. The van der Waals surface area contributed by atoms with Crippen molar-refractivity contribution in [3.8, 4) is 0 Å². The predicted molar refractivity (Wildman–Crippen MR) is 66.2 cm³/mol. The summed E-state index contributed by atoms with van der Waals surface area (Å²) >= 11 is 5.17. The van der Waals surface area contributed by atoms with Crippen molar-refractivity contribution in [3.63, 3.8) is 0 Å². The molecule has 1 saturated heterocycles. The minimum Gasteiger partial charge on any atom is -0.350 e. The van der Waals surface area contributed by atoms with E-state index in [2.05, 4.69) is 53.5 Å². The van der Waals surface area contributed by atoms with Gasteiger partial charge in [0, 0.05) is 32.1 Å². The number of amides is 1. The largest absolute Gasteiger partial charge is 0.350 e. The summed E-state index contributed by atoms with van der Waals surface area (Å²) in [5, 5.41) is 5.11. The van der Waals surface area contributed by atoms with Gasteiger partial charge >= 0.3 is 0 Å². The fourth-order valence-electron chi connectivity index (χ4n) is 2.07. The first-order valence-corrected chi connectivity index (χ1v) is 6.58. The summed E-state index contributed by atoms with van der Waals surface area (Å²) in [5.74, 6) is 0.145. The van der Waals surface area contributed by atoms with Gasteiger partial charge in [-0.3, -0.25) is 4.79 Å². The van der Waals surface area contributed by atoms with Crippen LogP contribution in [-0.2, 0) is 10.2 Å². The highest BCUT2D eigenvalue weighted by Gasteiger charge is 2.50. The number of hydrogen-bond donors (Lipinski definition) is 1. The molecule has 1 atom stereocenters. The van der Waals surface area contributed by atoms with E-state index in [0.717, 1.165) is 4.47 Å². The van der Waals surface area contributed by atoms with Gasteiger partial charge in [-0.05, 0) is 35.8 Å². The lowest BCUT2D eigenvalue weighted by Gasteiger charge is -2.36. The lowest BCUT2D eigenvalue weighted by atomic mass is 9.73. The van der Waals surface area contributed by atoms with E-state index in [1.807, 2.05) is 0 Å². The standard InChI is InChI=1S/C11H14BrNOS/c1-10(2)11(3,5-9(14)13-10)8-4-7(12)6-15-8/h4,6H,5H2,1-3H3,(H,13,14). The first kappa shape index (κ1) is 11.1. The molecular formula is C11H14BrNOS. The maximum absolute atomic E-state index is 11.5. The van der Waals surface area contributed by atoms with Gasteiger partial charge in [-0.25, -0.2) is 0 Å². The van der Waals surface area contributed by atoms with Crippen molar-refractivity contribution < 1.29 is 4.79 Å². The zero-order valence-corrected chi connectivity index (χ0v) is 11.5. The molecule has 0 aliphatic carbocycles. The van der Waals surface area contributed by atoms with Crippen LogP contribution in [0.5, 0.6) is 0 Å². The maximum atomic E-state index is 11.5. The molecule has 2 heterocycles. The Morgan fingerprint density at radius 1 is 1.47 bits per heavy atom. The molecule has 4 heteroatoms. The van der Waals surface area contributed by atoms with Gasteiger partial charge in [-0.15, -0.1) is 11.3 Å². The summed E-state index contributed by atoms with van der Waals surface area (Å²) < 4.78 is 1.10. The van der Waals surface area contributed by atoms with Crippen molar-refractivity contribution in [2.45, 2.75) is 38.1 Å². The highest BCUT2D eigenvalue weighted by molar-refractivity contribution is 9.10. The van der Waals surface area contributed by atoms with E-state index in [0.29, 0.717) is 6.42 Å². The van der Waals surface area contributed by atoms with Crippen LogP contribution in [-0.4, -0.2) is 11.4 Å². The molecule has 1 aliphatic heterocycles. The normalized spacial score (nSPS) is 29.2. The van der Waals surface area contributed by atoms with Gasteiger partial charge in [0.25, 0.3) is 0 Å². The van der Waals surface area contributed by atoms with E-state index in [9.17, 15) is 4.79 Å². The van der Waals surface area contributed by atoms with Gasteiger partial charge in [0.05, 0.1) is 0 Å². The quantitative estimate of drug-likeness (QED) is 0.845. The molecule has 82 valence electrons. The van der Waals surface area contributed by atoms with Crippen LogP contribution in [0.3, 0.4) is 0 Å². The number of carbonyl (C=O) groups is 1. The molecule has 2 nitrogen and oxygen atoms in total. The van der Waals surface area contributed by atoms with Crippen molar-refractivity contribution in [3.05, 3.63) is 20.8 Å². The third-order valence-electron chi connectivity index (χ3n) is 3.46. The van der Waals surface area contributed by atoms with Crippen LogP contribution in [0.1, 0.15) is 32.1 Å². The van der Waals surface area contributed by atoms with Crippen molar-refractivity contribution in [1.29, 1.82) is 0 Å². The Kier molecular flexibility index (Phi) is 2.47. The fraction of sp³-hybridized carbons (Fsp3) is 0.545. The Hall–Kier alpha value is -0.350. The molecule has 1 N–H and O–H groups in total. The zero-order chi connectivity index (χ0) is 11.3. The number of hydrogen-bond acceptors (Lipinski definition) is 2. The summed E-state index contributed by atoms with van der Waals surface area (Å²) in [4.78, 5) is 12.8. The Labute approximate surface area is 102 Å². The smallest absolute Gasteiger partial charge is 0.221 e. The zero-order valence-electron chi connectivity index (χ0n) is 9.06. The highest BCUT2D eigenvalue weighted by atomic mass is 79.9. The van der Waals surface area contributed by atoms with Crippen molar-refractivity contribution in [2.75, 3.05) is 0 Å². The average Bonchev–Trinajstić information content (AvgIpc) is 2.56. The Morgan fingerprint density at radius 2 is 2.13 bits per heavy atom. The monoisotopic (exact) mass is 287 g/mol. The second kappa shape index (κ2) is 3.32. The summed E-state index contributed by atoms with van der Waals surface area (Å²) in [6.45, 7) is 6.33. The Morgan fingerprint density at radius 3 is 2.53 bits per heavy atom. The summed E-state index contributed by atoms with van der Waals surface area (Å²) in [7, 11) is 0. The SMILES string of the molecule is CC1(C)NC(=O)CC1(C)c1cc(Br)cs1. The molecule has 2 rings (SSSR count). The van der Waals surface area contributed by atoms with E-state index < -0.39 is 0 Å². The molecule has 1 fully saturated rings. The molecule has 0 aromatic carbocycles. The molecule has 15 heavy (non-hydrogen) atoms. The Balaban J connectivity index is 2.46. The second-order valence-electron chi connectivity index (χ2n) is 4.81. The predicted octanol–water partition coefficient (Wildman–Crippen LogP) is 3.07. The molecule has 0 spiro atoms. The summed E-state index contributed by atoms with van der Waals surface area (Å²) in [5.41, 5.74) is -0.269. The van der Waals surface area contributed by atoms with Crippen LogP contribution < -0.4 is 5.32 Å². The Bertz CT molecular complexity index is 412. The van der Waals surface area contributed by atoms with Gasteiger partial charge in [0.15, 0.2) is 0 Å². The number of rotatable bonds is 1. The van der Waals surface area contributed by atoms with Gasteiger partial charge in [0.1, 0.15) is 0 Å². The maximum Gasteiger partial charge on any atom is 0.221 e. The minimum absolute atomic E-state index is 0.0965. The van der Waals surface area contributed by atoms with Crippen molar-refractivity contribution in [2.24, 2.45) is 0 Å². The van der Waals surface area contributed by atoms with Crippen LogP contribution in [0.25, 0.3) is 0 Å². The first-order chi connectivity index (χ1) is 6.85. The van der Waals surface area contributed by atoms with Gasteiger partial charge in [-0.1, -0.05) is 6.92 Å². The molecule has 1 aromatic rings. The van der Waals surface area contributed by atoms with Crippen molar-refractivity contribution in [1.82, 2.24) is 5.32 Å². The van der Waals surface area contributed by atoms with Crippen LogP contribution in [0.2, 0.25) is 0 Å². The minimum atomic E-state index is -0.172. The van der Waals surface area contributed by atoms with E-state index in [4.69, 9.17) is 0 Å². The van der Waals surface area contributed by atoms with Crippen LogP contribution in [0.4, 0.5) is 0 Å². The molecule has 0 saturated carbocycles. The first-order valence-electron chi connectivity index (χ1n) is 4.91. The average molecular weight is 288 g/mol. The molecule has 0 bridgehead atoms. The van der Waals surface area contributed by atoms with Crippen LogP contribution in [0.15, 0.2) is 15.9 Å². The number of thiophene rings is 1. The van der Waals surface area contributed by atoms with Crippen LogP contribution in [0, 0.1) is 0 Å². The highest BCUT2D eigenvalue weighted by Crippen LogP contribution is 2.45. The number of nitrogens with one attached hydrogen (secondary N) is 1. The third-order valence-corrected chi connectivity index (χ3v) is 5.41. The summed E-state index contributed by atoms with van der Waals surface area (Å²) in [6, 6.07) is 2.12. The molecule has 1 unspecified atom stereocenters. The molecule has 1 amide bonds. The topological polar surface area (TPSA) is 29.1 Å². The number of carbonyl (C=O) groups excluding carboxylic acids is 1. The third kappa shape index (κ3) is 1.64. The van der Waals surface area contributed by atoms with Crippen LogP contribution >= 0.6 is 27.3 Å². The van der Waals surface area contributed by atoms with Crippen molar-refractivity contribution >= 4 is 33.2 Å². The number of halogens is 1. The molecular weight excluding hydrogens is 274 g/mol. The van der Waals surface area contributed by atoms with Gasteiger partial charge in [-0.2, -0.15) is 0 Å². The lowest BCUT2D eigenvalue weighted by molar-refractivity contribution is -0.119. The van der Waals surface area contributed by atoms with E-state index in [1.165, 1.54) is 4.88 Å². The van der Waals surface area contributed by atoms with Gasteiger partial charge < -0.3 is 5.32 Å².